The quantitative estimate of drug-likeness (QED) is 0.585. The van der Waals surface area contributed by atoms with Crippen molar-refractivity contribution in [3.63, 3.8) is 0 Å². The molecule has 0 spiro atoms. The van der Waals surface area contributed by atoms with Crippen LogP contribution in [0.2, 0.25) is 0 Å². The molecule has 0 atom stereocenters. The number of hydrogen-bond donors (Lipinski definition) is 2. The number of benzene rings is 2. The van der Waals surface area contributed by atoms with Crippen LogP contribution in [-0.2, 0) is 9.59 Å². The molecule has 1 saturated heterocycles. The van der Waals surface area contributed by atoms with Gasteiger partial charge in [0.2, 0.25) is 5.91 Å². The molecule has 7 heteroatoms. The van der Waals surface area contributed by atoms with Gasteiger partial charge in [-0.3, -0.25) is 9.59 Å². The molecule has 0 radical (unpaired) electrons. The van der Waals surface area contributed by atoms with Gasteiger partial charge in [-0.25, -0.2) is 9.69 Å². The lowest BCUT2D eigenvalue weighted by Crippen LogP contribution is -2.38. The molecule has 3 rings (SSSR count). The summed E-state index contributed by atoms with van der Waals surface area (Å²) < 4.78 is 5.10. The highest BCUT2D eigenvalue weighted by Crippen LogP contribution is 2.14. The standard InChI is InChI=1S/C22H21N3O4/c1-15-6-10-17(11-7-15)23-20(26)14-25-21(27)19(24-22(25)28)5-3-4-16-8-12-18(29-2)13-9-16/h3-13H,14H2,1-2H3,(H,23,26)(H,24,28)/b4-3+,19-5+. The Morgan fingerprint density at radius 2 is 1.79 bits per heavy atom. The number of anilines is 1. The molecule has 1 aliphatic heterocycles. The molecule has 1 aliphatic rings. The third kappa shape index (κ3) is 5.10. The van der Waals surface area contributed by atoms with Gasteiger partial charge in [-0.1, -0.05) is 42.0 Å². The van der Waals surface area contributed by atoms with Crippen LogP contribution in [0.5, 0.6) is 5.75 Å². The summed E-state index contributed by atoms with van der Waals surface area (Å²) in [5, 5.41) is 5.15. The minimum absolute atomic E-state index is 0.114. The van der Waals surface area contributed by atoms with Crippen molar-refractivity contribution in [2.75, 3.05) is 19.0 Å². The molecule has 2 N–H and O–H groups in total. The molecule has 7 nitrogen and oxygen atoms in total. The maximum Gasteiger partial charge on any atom is 0.329 e. The van der Waals surface area contributed by atoms with Crippen LogP contribution in [0, 0.1) is 6.92 Å². The van der Waals surface area contributed by atoms with Crippen molar-refractivity contribution in [1.29, 1.82) is 0 Å². The van der Waals surface area contributed by atoms with Crippen LogP contribution in [0.3, 0.4) is 0 Å². The summed E-state index contributed by atoms with van der Waals surface area (Å²) in [7, 11) is 1.59. The molecule has 0 saturated carbocycles. The summed E-state index contributed by atoms with van der Waals surface area (Å²) in [6, 6.07) is 14.0. The SMILES string of the molecule is COc1ccc(/C=C/C=C2/NC(=O)N(CC(=O)Nc3ccc(C)cc3)C2=O)cc1. The van der Waals surface area contributed by atoms with E-state index in [0.29, 0.717) is 5.69 Å². The van der Waals surface area contributed by atoms with E-state index in [1.807, 2.05) is 43.3 Å². The molecule has 1 fully saturated rings. The van der Waals surface area contributed by atoms with Crippen molar-refractivity contribution < 1.29 is 19.1 Å². The van der Waals surface area contributed by atoms with E-state index in [1.165, 1.54) is 6.08 Å². The van der Waals surface area contributed by atoms with Crippen LogP contribution in [0.15, 0.2) is 66.4 Å². The van der Waals surface area contributed by atoms with Crippen molar-refractivity contribution >= 4 is 29.6 Å². The molecule has 148 valence electrons. The Kier molecular flexibility index (Phi) is 6.09. The number of amides is 4. The first-order valence-corrected chi connectivity index (χ1v) is 8.98. The van der Waals surface area contributed by atoms with Crippen LogP contribution in [-0.4, -0.2) is 36.4 Å². The maximum absolute atomic E-state index is 12.4. The first kappa shape index (κ1) is 19.9. The average molecular weight is 391 g/mol. The molecule has 1 heterocycles. The molecule has 2 aromatic rings. The Hall–Kier alpha value is -3.87. The number of ether oxygens (including phenoxy) is 1. The zero-order valence-electron chi connectivity index (χ0n) is 16.1. The van der Waals surface area contributed by atoms with E-state index in [9.17, 15) is 14.4 Å². The summed E-state index contributed by atoms with van der Waals surface area (Å²) >= 11 is 0. The number of allylic oxidation sites excluding steroid dienone is 2. The molecule has 4 amide bonds. The molecule has 2 aromatic carbocycles. The fourth-order valence-corrected chi connectivity index (χ4v) is 2.68. The normalized spacial score (nSPS) is 15.1. The molecular weight excluding hydrogens is 370 g/mol. The highest BCUT2D eigenvalue weighted by molar-refractivity contribution is 6.14. The number of carbonyl (C=O) groups is 3. The van der Waals surface area contributed by atoms with Crippen molar-refractivity contribution in [3.8, 4) is 5.75 Å². The van der Waals surface area contributed by atoms with Gasteiger partial charge in [-0.2, -0.15) is 0 Å². The van der Waals surface area contributed by atoms with Crippen LogP contribution in [0.1, 0.15) is 11.1 Å². The summed E-state index contributed by atoms with van der Waals surface area (Å²) in [5.41, 5.74) is 2.69. The lowest BCUT2D eigenvalue weighted by Gasteiger charge is -2.12. The number of nitrogens with one attached hydrogen (secondary N) is 2. The topological polar surface area (TPSA) is 87.7 Å². The van der Waals surface area contributed by atoms with Gasteiger partial charge < -0.3 is 15.4 Å². The third-order valence-electron chi connectivity index (χ3n) is 4.27. The van der Waals surface area contributed by atoms with Gasteiger partial charge in [-0.15, -0.1) is 0 Å². The monoisotopic (exact) mass is 391 g/mol. The summed E-state index contributed by atoms with van der Waals surface area (Å²) in [6.45, 7) is 1.58. The lowest BCUT2D eigenvalue weighted by molar-refractivity contribution is -0.127. The minimum atomic E-state index is -0.627. The number of hydrogen-bond acceptors (Lipinski definition) is 4. The van der Waals surface area contributed by atoms with Crippen LogP contribution in [0.25, 0.3) is 6.08 Å². The minimum Gasteiger partial charge on any atom is -0.497 e. The van der Waals surface area contributed by atoms with Crippen LogP contribution in [0.4, 0.5) is 10.5 Å². The van der Waals surface area contributed by atoms with Gasteiger partial charge in [0.05, 0.1) is 7.11 Å². The van der Waals surface area contributed by atoms with Gasteiger partial charge in [-0.05, 0) is 42.8 Å². The number of carbonyl (C=O) groups excluding carboxylic acids is 3. The fourth-order valence-electron chi connectivity index (χ4n) is 2.68. The second-order valence-corrected chi connectivity index (χ2v) is 6.45. The largest absolute Gasteiger partial charge is 0.497 e. The van der Waals surface area contributed by atoms with Crippen molar-refractivity contribution in [3.05, 3.63) is 77.5 Å². The molecule has 0 bridgehead atoms. The molecule has 0 aromatic heterocycles. The van der Waals surface area contributed by atoms with Gasteiger partial charge >= 0.3 is 6.03 Å². The summed E-state index contributed by atoms with van der Waals surface area (Å²) in [5.74, 6) is -0.251. The van der Waals surface area contributed by atoms with Gasteiger partial charge in [0, 0.05) is 5.69 Å². The van der Waals surface area contributed by atoms with Gasteiger partial charge in [0.25, 0.3) is 5.91 Å². The first-order chi connectivity index (χ1) is 14.0. The predicted octanol–water partition coefficient (Wildman–Crippen LogP) is 3.09. The number of methoxy groups -OCH3 is 1. The molecule has 0 aliphatic carbocycles. The highest BCUT2D eigenvalue weighted by Gasteiger charge is 2.34. The Balaban J connectivity index is 1.60. The summed E-state index contributed by atoms with van der Waals surface area (Å²) in [6.07, 6.45) is 4.95. The van der Waals surface area contributed by atoms with Crippen LogP contribution < -0.4 is 15.4 Å². The highest BCUT2D eigenvalue weighted by atomic mass is 16.5. The maximum atomic E-state index is 12.4. The van der Waals surface area contributed by atoms with E-state index < -0.39 is 17.8 Å². The summed E-state index contributed by atoms with van der Waals surface area (Å²) in [4.78, 5) is 37.5. The van der Waals surface area contributed by atoms with E-state index in [4.69, 9.17) is 4.74 Å². The average Bonchev–Trinajstić information content (AvgIpc) is 2.98. The van der Waals surface area contributed by atoms with E-state index in [1.54, 1.807) is 31.4 Å². The van der Waals surface area contributed by atoms with E-state index in [-0.39, 0.29) is 12.2 Å². The van der Waals surface area contributed by atoms with Crippen LogP contribution >= 0.6 is 0 Å². The smallest absolute Gasteiger partial charge is 0.329 e. The van der Waals surface area contributed by atoms with Gasteiger partial charge in [0.1, 0.15) is 18.0 Å². The Labute approximate surface area is 168 Å². The van der Waals surface area contributed by atoms with Crippen molar-refractivity contribution in [2.24, 2.45) is 0 Å². The number of aryl methyl sites for hydroxylation is 1. The zero-order valence-corrected chi connectivity index (χ0v) is 16.1. The Bertz CT molecular complexity index is 976. The number of imide groups is 1. The fraction of sp³-hybridized carbons (Fsp3) is 0.136. The lowest BCUT2D eigenvalue weighted by atomic mass is 10.2. The van der Waals surface area contributed by atoms with Crippen molar-refractivity contribution in [2.45, 2.75) is 6.92 Å². The van der Waals surface area contributed by atoms with E-state index in [0.717, 1.165) is 21.8 Å². The van der Waals surface area contributed by atoms with Crippen molar-refractivity contribution in [1.82, 2.24) is 10.2 Å². The predicted molar refractivity (Wildman–Crippen MR) is 110 cm³/mol. The molecular formula is C22H21N3O4. The zero-order chi connectivity index (χ0) is 20.8. The number of urea groups is 1. The van der Waals surface area contributed by atoms with Gasteiger partial charge in [0.15, 0.2) is 0 Å². The van der Waals surface area contributed by atoms with E-state index in [2.05, 4.69) is 10.6 Å². The number of nitrogens with zero attached hydrogens (tertiary/aromatic N) is 1. The third-order valence-corrected chi connectivity index (χ3v) is 4.27. The molecule has 29 heavy (non-hydrogen) atoms. The molecule has 0 unspecified atom stereocenters. The Morgan fingerprint density at radius 1 is 1.10 bits per heavy atom. The first-order valence-electron chi connectivity index (χ1n) is 8.98. The number of rotatable bonds is 6. The Morgan fingerprint density at radius 3 is 2.45 bits per heavy atom. The second kappa shape index (κ2) is 8.88. The second-order valence-electron chi connectivity index (χ2n) is 6.45. The van der Waals surface area contributed by atoms with E-state index >= 15 is 0 Å².